The molecule has 1 aromatic carbocycles. The van der Waals surface area contributed by atoms with Gasteiger partial charge in [-0.25, -0.2) is 16.8 Å². The predicted octanol–water partition coefficient (Wildman–Crippen LogP) is 1.43. The van der Waals surface area contributed by atoms with Gasteiger partial charge in [-0.3, -0.25) is 13.9 Å². The van der Waals surface area contributed by atoms with Crippen molar-refractivity contribution in [3.05, 3.63) is 23.8 Å². The Hall–Kier alpha value is -1.74. The number of anilines is 1. The average molecular weight is 387 g/mol. The third kappa shape index (κ3) is 4.66. The van der Waals surface area contributed by atoms with E-state index in [1.165, 1.54) is 18.2 Å². The third-order valence-corrected chi connectivity index (χ3v) is 6.39. The fraction of sp³-hybridized carbons (Fsp3) is 0.500. The van der Waals surface area contributed by atoms with E-state index in [0.29, 0.717) is 0 Å². The molecule has 7 nitrogen and oxygen atoms in total. The van der Waals surface area contributed by atoms with Crippen molar-refractivity contribution in [2.24, 2.45) is 5.92 Å². The normalized spacial score (nSPS) is 15.0. The van der Waals surface area contributed by atoms with Crippen molar-refractivity contribution in [2.45, 2.75) is 31.1 Å². The molecule has 1 saturated carbocycles. The Labute approximate surface area is 148 Å². The number of sulfonamides is 1. The number of carbonyl (C=O) groups is 2. The second-order valence-electron chi connectivity index (χ2n) is 6.22. The van der Waals surface area contributed by atoms with Crippen LogP contribution < -0.4 is 4.31 Å². The van der Waals surface area contributed by atoms with Crippen molar-refractivity contribution in [1.29, 1.82) is 0 Å². The van der Waals surface area contributed by atoms with E-state index >= 15 is 0 Å². The Morgan fingerprint density at radius 3 is 2.16 bits per heavy atom. The predicted molar refractivity (Wildman–Crippen MR) is 94.1 cm³/mol. The van der Waals surface area contributed by atoms with Crippen LogP contribution >= 0.6 is 0 Å². The number of sulfone groups is 1. The summed E-state index contributed by atoms with van der Waals surface area (Å²) in [6, 6.07) is 3.71. The van der Waals surface area contributed by atoms with Gasteiger partial charge in [-0.05, 0) is 38.0 Å². The van der Waals surface area contributed by atoms with Crippen molar-refractivity contribution < 1.29 is 26.4 Å². The Kier molecular flexibility index (Phi) is 5.38. The zero-order chi connectivity index (χ0) is 19.0. The van der Waals surface area contributed by atoms with E-state index in [2.05, 4.69) is 0 Å². The molecule has 1 aliphatic rings. The minimum Gasteiger partial charge on any atom is -0.299 e. The molecule has 0 bridgehead atoms. The minimum absolute atomic E-state index is 0.0125. The SMILES string of the molecule is CCN(c1cc(S(C)(=O)=O)ccc1C(=O)CC(=O)C1CC1)S(C)(=O)=O. The van der Waals surface area contributed by atoms with Gasteiger partial charge in [0.25, 0.3) is 0 Å². The molecule has 0 aliphatic heterocycles. The second kappa shape index (κ2) is 6.87. The van der Waals surface area contributed by atoms with Gasteiger partial charge in [0.05, 0.1) is 23.3 Å². The first-order chi connectivity index (χ1) is 11.4. The first-order valence-corrected chi connectivity index (χ1v) is 11.6. The summed E-state index contributed by atoms with van der Waals surface area (Å²) in [6.07, 6.45) is 3.22. The minimum atomic E-state index is -3.72. The molecule has 1 fully saturated rings. The average Bonchev–Trinajstić information content (AvgIpc) is 3.29. The highest BCUT2D eigenvalue weighted by molar-refractivity contribution is 7.92. The number of rotatable bonds is 8. The van der Waals surface area contributed by atoms with E-state index in [0.717, 1.165) is 29.7 Å². The first-order valence-electron chi connectivity index (χ1n) is 7.83. The molecule has 0 atom stereocenters. The highest BCUT2D eigenvalue weighted by atomic mass is 32.2. The highest BCUT2D eigenvalue weighted by Gasteiger charge is 2.32. The molecule has 25 heavy (non-hydrogen) atoms. The summed E-state index contributed by atoms with van der Waals surface area (Å²) in [4.78, 5) is 24.4. The number of hydrogen-bond donors (Lipinski definition) is 0. The smallest absolute Gasteiger partial charge is 0.232 e. The molecule has 0 saturated heterocycles. The fourth-order valence-corrected chi connectivity index (χ4v) is 4.19. The molecule has 0 heterocycles. The van der Waals surface area contributed by atoms with Crippen LogP contribution in [-0.4, -0.2) is 47.5 Å². The van der Waals surface area contributed by atoms with E-state index in [1.807, 2.05) is 0 Å². The van der Waals surface area contributed by atoms with Crippen LogP contribution in [0.5, 0.6) is 0 Å². The second-order valence-corrected chi connectivity index (χ2v) is 10.1. The lowest BCUT2D eigenvalue weighted by atomic mass is 10.0. The summed E-state index contributed by atoms with van der Waals surface area (Å²) >= 11 is 0. The molecule has 2 rings (SSSR count). The Balaban J connectivity index is 2.54. The van der Waals surface area contributed by atoms with Crippen molar-refractivity contribution in [1.82, 2.24) is 0 Å². The molecular formula is C16H21NO6S2. The number of hydrogen-bond acceptors (Lipinski definition) is 6. The van der Waals surface area contributed by atoms with E-state index < -0.39 is 25.6 Å². The van der Waals surface area contributed by atoms with Crippen LogP contribution in [0.15, 0.2) is 23.1 Å². The van der Waals surface area contributed by atoms with Gasteiger partial charge in [0.15, 0.2) is 15.6 Å². The molecule has 1 aromatic rings. The summed E-state index contributed by atoms with van der Waals surface area (Å²) in [5, 5.41) is 0. The number of Topliss-reactive ketones (excluding diaryl/α,β-unsaturated/α-hetero) is 2. The van der Waals surface area contributed by atoms with E-state index in [9.17, 15) is 26.4 Å². The molecule has 0 aromatic heterocycles. The maximum atomic E-state index is 12.5. The largest absolute Gasteiger partial charge is 0.299 e. The number of benzene rings is 1. The topological polar surface area (TPSA) is 106 Å². The third-order valence-electron chi connectivity index (χ3n) is 4.02. The van der Waals surface area contributed by atoms with Gasteiger partial charge in [0.2, 0.25) is 10.0 Å². The van der Waals surface area contributed by atoms with Crippen LogP contribution in [0, 0.1) is 5.92 Å². The number of nitrogens with zero attached hydrogens (tertiary/aromatic N) is 1. The first kappa shape index (κ1) is 19.6. The van der Waals surface area contributed by atoms with Crippen LogP contribution in [0.2, 0.25) is 0 Å². The van der Waals surface area contributed by atoms with Crippen LogP contribution in [-0.2, 0) is 24.7 Å². The standard InChI is InChI=1S/C16H21NO6S2/c1-4-17(25(3,22)23)14-9-12(24(2,20)21)7-8-13(14)16(19)10-15(18)11-5-6-11/h7-9,11H,4-6,10H2,1-3H3. The van der Waals surface area contributed by atoms with Crippen LogP contribution in [0.1, 0.15) is 36.5 Å². The molecule has 0 radical (unpaired) electrons. The van der Waals surface area contributed by atoms with Gasteiger partial charge >= 0.3 is 0 Å². The fourth-order valence-electron chi connectivity index (χ4n) is 2.57. The number of ketones is 2. The van der Waals surface area contributed by atoms with Gasteiger partial charge in [-0.15, -0.1) is 0 Å². The van der Waals surface area contributed by atoms with Crippen LogP contribution in [0.25, 0.3) is 0 Å². The van der Waals surface area contributed by atoms with Crippen molar-refractivity contribution >= 4 is 37.1 Å². The molecular weight excluding hydrogens is 366 g/mol. The summed E-state index contributed by atoms with van der Waals surface area (Å²) in [6.45, 7) is 1.61. The lowest BCUT2D eigenvalue weighted by Gasteiger charge is -2.23. The van der Waals surface area contributed by atoms with Crippen LogP contribution in [0.4, 0.5) is 5.69 Å². The van der Waals surface area contributed by atoms with Gasteiger partial charge in [-0.1, -0.05) is 0 Å². The monoisotopic (exact) mass is 387 g/mol. The Bertz CT molecular complexity index is 914. The summed E-state index contributed by atoms with van der Waals surface area (Å²) in [5.41, 5.74) is 0.0233. The maximum Gasteiger partial charge on any atom is 0.232 e. The zero-order valence-electron chi connectivity index (χ0n) is 14.4. The van der Waals surface area contributed by atoms with Crippen molar-refractivity contribution in [3.8, 4) is 0 Å². The van der Waals surface area contributed by atoms with Crippen LogP contribution in [0.3, 0.4) is 0 Å². The lowest BCUT2D eigenvalue weighted by Crippen LogP contribution is -2.31. The van der Waals surface area contributed by atoms with Gasteiger partial charge in [0.1, 0.15) is 5.78 Å². The molecule has 9 heteroatoms. The Morgan fingerprint density at radius 1 is 1.12 bits per heavy atom. The molecule has 0 N–H and O–H groups in total. The molecule has 0 amide bonds. The van der Waals surface area contributed by atoms with Crippen molar-refractivity contribution in [3.63, 3.8) is 0 Å². The summed E-state index contributed by atoms with van der Waals surface area (Å²) < 4.78 is 48.6. The zero-order valence-corrected chi connectivity index (χ0v) is 16.0. The van der Waals surface area contributed by atoms with Gasteiger partial charge in [0, 0.05) is 24.3 Å². The highest BCUT2D eigenvalue weighted by Crippen LogP contribution is 2.33. The summed E-state index contributed by atoms with van der Waals surface area (Å²) in [7, 11) is -7.30. The van der Waals surface area contributed by atoms with E-state index in [-0.39, 0.29) is 40.8 Å². The summed E-state index contributed by atoms with van der Waals surface area (Å²) in [5.74, 6) is -0.750. The molecule has 1 aliphatic carbocycles. The quantitative estimate of drug-likeness (QED) is 0.493. The van der Waals surface area contributed by atoms with E-state index in [1.54, 1.807) is 6.92 Å². The Morgan fingerprint density at radius 2 is 1.72 bits per heavy atom. The van der Waals surface area contributed by atoms with Gasteiger partial charge < -0.3 is 0 Å². The molecule has 0 spiro atoms. The lowest BCUT2D eigenvalue weighted by molar-refractivity contribution is -0.119. The van der Waals surface area contributed by atoms with E-state index in [4.69, 9.17) is 0 Å². The van der Waals surface area contributed by atoms with Crippen molar-refractivity contribution in [2.75, 3.05) is 23.4 Å². The van der Waals surface area contributed by atoms with Gasteiger partial charge in [-0.2, -0.15) is 0 Å². The maximum absolute atomic E-state index is 12.5. The molecule has 0 unspecified atom stereocenters. The molecule has 138 valence electrons. The number of carbonyl (C=O) groups excluding carboxylic acids is 2.